The summed E-state index contributed by atoms with van der Waals surface area (Å²) in [5, 5.41) is 26.2. The van der Waals surface area contributed by atoms with E-state index in [-0.39, 0.29) is 0 Å². The van der Waals surface area contributed by atoms with E-state index in [0.717, 1.165) is 38.3 Å². The molecule has 3 heterocycles. The summed E-state index contributed by atoms with van der Waals surface area (Å²) in [5.41, 5.74) is 3.04. The molecule has 0 amide bonds. The third kappa shape index (κ3) is 4.58. The number of aryl methyl sites for hydroxylation is 2. The number of fused-ring (bicyclic) bond motifs is 1. The third-order valence-corrected chi connectivity index (χ3v) is 8.32. The number of nitrogens with zero attached hydrogens (tertiary/aromatic N) is 3. The van der Waals surface area contributed by atoms with Gasteiger partial charge < -0.3 is 15.5 Å². The first-order chi connectivity index (χ1) is 17.0. The molecule has 3 aromatic heterocycles. The zero-order chi connectivity index (χ0) is 25.7. The molecule has 0 aliphatic heterocycles. The number of pyridine rings is 2. The summed E-state index contributed by atoms with van der Waals surface area (Å²) in [4.78, 5) is 26.4. The van der Waals surface area contributed by atoms with Crippen molar-refractivity contribution in [3.05, 3.63) is 65.1 Å². The first-order valence-corrected chi connectivity index (χ1v) is 12.9. The number of aliphatic hydroxyl groups is 1. The van der Waals surface area contributed by atoms with E-state index in [1.165, 1.54) is 11.3 Å². The second-order valence-corrected chi connectivity index (χ2v) is 11.6. The summed E-state index contributed by atoms with van der Waals surface area (Å²) in [6.07, 6.45) is 4.75. The molecule has 1 saturated carbocycles. The highest BCUT2D eigenvalue weighted by molar-refractivity contribution is 7.15. The van der Waals surface area contributed by atoms with Crippen molar-refractivity contribution in [3.63, 3.8) is 0 Å². The molecule has 1 aliphatic rings. The van der Waals surface area contributed by atoms with Gasteiger partial charge in [0.1, 0.15) is 16.1 Å². The molecule has 186 valence electrons. The molecule has 0 radical (unpaired) electrons. The summed E-state index contributed by atoms with van der Waals surface area (Å²) < 4.78 is 0. The molecule has 3 N–H and O–H groups in total. The normalized spacial score (nSPS) is 21.4. The molecule has 0 spiro atoms. The molecule has 0 saturated heterocycles. The molecule has 0 unspecified atom stereocenters. The number of thiazole rings is 1. The summed E-state index contributed by atoms with van der Waals surface area (Å²) in [6, 6.07) is 12.2. The average Bonchev–Trinajstić information content (AvgIpc) is 3.29. The minimum atomic E-state index is -1.13. The average molecular weight is 503 g/mol. The number of carboxylic acids is 1. The Morgan fingerprint density at radius 2 is 1.97 bits per heavy atom. The Balaban J connectivity index is 1.45. The molecular formula is C28H30N4O3S. The number of carbonyl (C=O) groups is 1. The fraction of sp³-hybridized carbons (Fsp3) is 0.357. The van der Waals surface area contributed by atoms with E-state index in [1.807, 2.05) is 45.9 Å². The summed E-state index contributed by atoms with van der Waals surface area (Å²) >= 11 is 1.47. The minimum Gasteiger partial charge on any atom is -0.481 e. The standard InChI is InChI=1S/C28H30N4O3S/c1-16-10-19(13-20(11-16)32-24-23-18(6-5-9-29-23)12-17(2)31-24)22-14-30-26(36-22)28(35)8-7-21(25(33)34)27(3,4)15-28/h5-6,9-14,21,35H,7-8,15H2,1-4H3,(H,31,32)(H,33,34)/t21-,28+/m0/s1. The molecule has 0 bridgehead atoms. The fourth-order valence-electron chi connectivity index (χ4n) is 5.44. The van der Waals surface area contributed by atoms with Crippen molar-refractivity contribution in [2.75, 3.05) is 5.32 Å². The van der Waals surface area contributed by atoms with Crippen LogP contribution in [-0.4, -0.2) is 31.1 Å². The molecular weight excluding hydrogens is 472 g/mol. The Hall–Kier alpha value is -3.36. The Kier molecular flexibility index (Phi) is 6.04. The lowest BCUT2D eigenvalue weighted by Crippen LogP contribution is -2.44. The topological polar surface area (TPSA) is 108 Å². The Bertz CT molecular complexity index is 1460. The van der Waals surface area contributed by atoms with Gasteiger partial charge in [0.15, 0.2) is 5.82 Å². The van der Waals surface area contributed by atoms with Crippen LogP contribution in [0.4, 0.5) is 11.5 Å². The van der Waals surface area contributed by atoms with E-state index in [1.54, 1.807) is 12.4 Å². The Labute approximate surface area is 214 Å². The molecule has 1 fully saturated rings. The van der Waals surface area contributed by atoms with Crippen molar-refractivity contribution in [2.24, 2.45) is 11.3 Å². The second kappa shape index (κ2) is 8.94. The van der Waals surface area contributed by atoms with Crippen molar-refractivity contribution < 1.29 is 15.0 Å². The van der Waals surface area contributed by atoms with Crippen LogP contribution >= 0.6 is 11.3 Å². The molecule has 7 nitrogen and oxygen atoms in total. The summed E-state index contributed by atoms with van der Waals surface area (Å²) in [6.45, 7) is 7.84. The number of nitrogens with one attached hydrogen (secondary N) is 1. The number of rotatable bonds is 5. The molecule has 5 rings (SSSR count). The van der Waals surface area contributed by atoms with E-state index >= 15 is 0 Å². The molecule has 1 aromatic carbocycles. The number of aromatic nitrogens is 3. The lowest BCUT2D eigenvalue weighted by atomic mass is 9.63. The predicted octanol–water partition coefficient (Wildman–Crippen LogP) is 6.21. The molecule has 1 aliphatic carbocycles. The van der Waals surface area contributed by atoms with Crippen molar-refractivity contribution >= 4 is 39.7 Å². The minimum absolute atomic E-state index is 0.365. The SMILES string of the molecule is Cc1cc(Nc2nc(C)cc3cccnc23)cc(-c2cnc([C@@]3(O)CC[C@@H](C(=O)O)C(C)(C)C3)s2)c1. The van der Waals surface area contributed by atoms with Crippen LogP contribution in [-0.2, 0) is 10.4 Å². The van der Waals surface area contributed by atoms with Crippen LogP contribution in [0.25, 0.3) is 21.3 Å². The van der Waals surface area contributed by atoms with Crippen LogP contribution in [0.2, 0.25) is 0 Å². The highest BCUT2D eigenvalue weighted by atomic mass is 32.1. The second-order valence-electron chi connectivity index (χ2n) is 10.6. The van der Waals surface area contributed by atoms with E-state index in [4.69, 9.17) is 0 Å². The van der Waals surface area contributed by atoms with Crippen molar-refractivity contribution in [3.8, 4) is 10.4 Å². The highest BCUT2D eigenvalue weighted by Crippen LogP contribution is 2.51. The maximum atomic E-state index is 11.7. The van der Waals surface area contributed by atoms with Gasteiger partial charge in [0.05, 0.1) is 10.8 Å². The van der Waals surface area contributed by atoms with E-state index < -0.39 is 22.9 Å². The molecule has 2 atom stereocenters. The van der Waals surface area contributed by atoms with E-state index in [0.29, 0.717) is 30.1 Å². The van der Waals surface area contributed by atoms with E-state index in [9.17, 15) is 15.0 Å². The Morgan fingerprint density at radius 1 is 1.17 bits per heavy atom. The van der Waals surface area contributed by atoms with Gasteiger partial charge in [0, 0.05) is 29.2 Å². The summed E-state index contributed by atoms with van der Waals surface area (Å²) in [5.74, 6) is -0.560. The first kappa shape index (κ1) is 24.3. The predicted molar refractivity (Wildman–Crippen MR) is 142 cm³/mol. The van der Waals surface area contributed by atoms with Gasteiger partial charge in [-0.15, -0.1) is 11.3 Å². The van der Waals surface area contributed by atoms with Crippen LogP contribution in [0.1, 0.15) is 49.4 Å². The van der Waals surface area contributed by atoms with Crippen molar-refractivity contribution in [2.45, 2.75) is 52.6 Å². The number of benzene rings is 1. The maximum absolute atomic E-state index is 11.7. The lowest BCUT2D eigenvalue weighted by Gasteiger charge is -2.44. The van der Waals surface area contributed by atoms with Crippen molar-refractivity contribution in [1.29, 1.82) is 0 Å². The van der Waals surface area contributed by atoms with Crippen LogP contribution in [0.3, 0.4) is 0 Å². The fourth-order valence-corrected chi connectivity index (χ4v) is 6.46. The lowest BCUT2D eigenvalue weighted by molar-refractivity contribution is -0.154. The van der Waals surface area contributed by atoms with E-state index in [2.05, 4.69) is 38.5 Å². The van der Waals surface area contributed by atoms with Gasteiger partial charge in [-0.05, 0) is 73.9 Å². The number of carboxylic acid groups (broad SMARTS) is 1. The van der Waals surface area contributed by atoms with Crippen LogP contribution in [0.5, 0.6) is 0 Å². The molecule has 4 aromatic rings. The molecule has 36 heavy (non-hydrogen) atoms. The van der Waals surface area contributed by atoms with Gasteiger partial charge in [0.25, 0.3) is 0 Å². The van der Waals surface area contributed by atoms with Crippen LogP contribution in [0, 0.1) is 25.2 Å². The van der Waals surface area contributed by atoms with Gasteiger partial charge in [-0.1, -0.05) is 26.0 Å². The van der Waals surface area contributed by atoms with Crippen LogP contribution < -0.4 is 5.32 Å². The Morgan fingerprint density at radius 3 is 2.72 bits per heavy atom. The van der Waals surface area contributed by atoms with Crippen LogP contribution in [0.15, 0.2) is 48.8 Å². The summed E-state index contributed by atoms with van der Waals surface area (Å²) in [7, 11) is 0. The van der Waals surface area contributed by atoms with Crippen molar-refractivity contribution in [1.82, 2.24) is 15.0 Å². The zero-order valence-electron chi connectivity index (χ0n) is 20.9. The largest absolute Gasteiger partial charge is 0.481 e. The third-order valence-electron chi connectivity index (χ3n) is 7.08. The zero-order valence-corrected chi connectivity index (χ0v) is 21.7. The monoisotopic (exact) mass is 502 g/mol. The number of hydrogen-bond acceptors (Lipinski definition) is 7. The van der Waals surface area contributed by atoms with Gasteiger partial charge in [-0.3, -0.25) is 9.78 Å². The quantitative estimate of drug-likeness (QED) is 0.298. The van der Waals surface area contributed by atoms with Gasteiger partial charge >= 0.3 is 5.97 Å². The first-order valence-electron chi connectivity index (χ1n) is 12.1. The molecule has 8 heteroatoms. The van der Waals surface area contributed by atoms with Gasteiger partial charge in [-0.25, -0.2) is 9.97 Å². The van der Waals surface area contributed by atoms with Gasteiger partial charge in [0.2, 0.25) is 0 Å². The number of hydrogen-bond donors (Lipinski definition) is 3. The number of anilines is 2. The highest BCUT2D eigenvalue weighted by Gasteiger charge is 2.49. The maximum Gasteiger partial charge on any atom is 0.307 e. The van der Waals surface area contributed by atoms with Gasteiger partial charge in [-0.2, -0.15) is 0 Å². The smallest absolute Gasteiger partial charge is 0.307 e. The number of aliphatic carboxylic acids is 1.